The van der Waals surface area contributed by atoms with Gasteiger partial charge in [0.1, 0.15) is 5.82 Å². The van der Waals surface area contributed by atoms with E-state index in [0.717, 1.165) is 36.8 Å². The Bertz CT molecular complexity index is 418. The predicted octanol–water partition coefficient (Wildman–Crippen LogP) is 4.95. The quantitative estimate of drug-likeness (QED) is 0.749. The molecule has 1 saturated carbocycles. The van der Waals surface area contributed by atoms with E-state index >= 15 is 0 Å². The molecule has 0 heterocycles. The highest BCUT2D eigenvalue weighted by molar-refractivity contribution is 5.18. The van der Waals surface area contributed by atoms with Crippen LogP contribution in [-0.2, 0) is 6.42 Å². The van der Waals surface area contributed by atoms with Gasteiger partial charge in [-0.15, -0.1) is 0 Å². The molecule has 0 aromatic heterocycles. The number of halogens is 1. The lowest BCUT2D eigenvalue weighted by molar-refractivity contribution is 0.174. The third-order valence-electron chi connectivity index (χ3n) is 5.01. The summed E-state index contributed by atoms with van der Waals surface area (Å²) in [5.41, 5.74) is 1.13. The first-order chi connectivity index (χ1) is 10.2. The van der Waals surface area contributed by atoms with Gasteiger partial charge in [-0.25, -0.2) is 4.39 Å². The SMILES string of the molecule is CCCNC(Cc1cccc(F)c1)C1CCCCC1CC. The van der Waals surface area contributed by atoms with Crippen molar-refractivity contribution < 1.29 is 4.39 Å². The molecule has 1 aromatic carbocycles. The van der Waals surface area contributed by atoms with Gasteiger partial charge >= 0.3 is 0 Å². The summed E-state index contributed by atoms with van der Waals surface area (Å²) in [5, 5.41) is 3.75. The van der Waals surface area contributed by atoms with Gasteiger partial charge in [-0.2, -0.15) is 0 Å². The minimum atomic E-state index is -0.113. The van der Waals surface area contributed by atoms with Crippen molar-refractivity contribution in [2.24, 2.45) is 11.8 Å². The first kappa shape index (κ1) is 16.5. The smallest absolute Gasteiger partial charge is 0.123 e. The molecular weight excluding hydrogens is 261 g/mol. The number of rotatable bonds is 7. The summed E-state index contributed by atoms with van der Waals surface area (Å²) in [7, 11) is 0. The molecule has 1 aliphatic carbocycles. The van der Waals surface area contributed by atoms with Crippen molar-refractivity contribution in [2.75, 3.05) is 6.54 Å². The fourth-order valence-electron chi connectivity index (χ4n) is 3.90. The van der Waals surface area contributed by atoms with Crippen molar-refractivity contribution in [1.82, 2.24) is 5.32 Å². The summed E-state index contributed by atoms with van der Waals surface area (Å²) in [6, 6.07) is 7.63. The maximum atomic E-state index is 13.4. The Morgan fingerprint density at radius 2 is 2.05 bits per heavy atom. The first-order valence-electron chi connectivity index (χ1n) is 8.72. The first-order valence-corrected chi connectivity index (χ1v) is 8.72. The van der Waals surface area contributed by atoms with Crippen LogP contribution in [-0.4, -0.2) is 12.6 Å². The molecule has 21 heavy (non-hydrogen) atoms. The summed E-state index contributed by atoms with van der Waals surface area (Å²) >= 11 is 0. The average molecular weight is 291 g/mol. The molecule has 118 valence electrons. The maximum Gasteiger partial charge on any atom is 0.123 e. The lowest BCUT2D eigenvalue weighted by Crippen LogP contribution is -2.43. The molecule has 1 N–H and O–H groups in total. The van der Waals surface area contributed by atoms with E-state index in [1.54, 1.807) is 6.07 Å². The molecule has 2 rings (SSSR count). The largest absolute Gasteiger partial charge is 0.313 e. The van der Waals surface area contributed by atoms with Crippen molar-refractivity contribution in [3.63, 3.8) is 0 Å². The standard InChI is InChI=1S/C19H30FN/c1-3-12-21-19(14-15-8-7-10-17(20)13-15)18-11-6-5-9-16(18)4-2/h7-8,10,13,16,18-19,21H,3-6,9,11-12,14H2,1-2H3. The lowest BCUT2D eigenvalue weighted by Gasteiger charge is -2.37. The average Bonchev–Trinajstić information content (AvgIpc) is 2.51. The lowest BCUT2D eigenvalue weighted by atomic mass is 9.72. The van der Waals surface area contributed by atoms with E-state index in [0.29, 0.717) is 6.04 Å². The van der Waals surface area contributed by atoms with Crippen LogP contribution < -0.4 is 5.32 Å². The molecule has 0 radical (unpaired) electrons. The van der Waals surface area contributed by atoms with Gasteiger partial charge in [0.15, 0.2) is 0 Å². The van der Waals surface area contributed by atoms with Crippen LogP contribution in [0.3, 0.4) is 0 Å². The third kappa shape index (κ3) is 4.81. The number of hydrogen-bond acceptors (Lipinski definition) is 1. The van der Waals surface area contributed by atoms with Crippen LogP contribution in [0.15, 0.2) is 24.3 Å². The van der Waals surface area contributed by atoms with Gasteiger partial charge in [0.25, 0.3) is 0 Å². The Balaban J connectivity index is 2.09. The molecule has 2 heteroatoms. The van der Waals surface area contributed by atoms with Crippen LogP contribution in [0.25, 0.3) is 0 Å². The van der Waals surface area contributed by atoms with Gasteiger partial charge in [-0.3, -0.25) is 0 Å². The minimum absolute atomic E-state index is 0.113. The molecule has 0 aliphatic heterocycles. The molecule has 0 saturated heterocycles. The van der Waals surface area contributed by atoms with Crippen molar-refractivity contribution in [3.8, 4) is 0 Å². The number of nitrogens with one attached hydrogen (secondary N) is 1. The molecule has 0 amide bonds. The second kappa shape index (κ2) is 8.53. The van der Waals surface area contributed by atoms with E-state index in [9.17, 15) is 4.39 Å². The molecule has 1 aliphatic rings. The summed E-state index contributed by atoms with van der Waals surface area (Å²) in [6.07, 6.45) is 8.83. The minimum Gasteiger partial charge on any atom is -0.313 e. The Morgan fingerprint density at radius 1 is 1.24 bits per heavy atom. The molecule has 1 aromatic rings. The van der Waals surface area contributed by atoms with Crippen molar-refractivity contribution in [2.45, 2.75) is 64.8 Å². The topological polar surface area (TPSA) is 12.0 Å². The van der Waals surface area contributed by atoms with E-state index in [-0.39, 0.29) is 5.82 Å². The van der Waals surface area contributed by atoms with Crippen LogP contribution in [0, 0.1) is 17.7 Å². The molecule has 0 bridgehead atoms. The molecule has 3 atom stereocenters. The summed E-state index contributed by atoms with van der Waals surface area (Å²) in [5.74, 6) is 1.47. The monoisotopic (exact) mass is 291 g/mol. The Kier molecular flexibility index (Phi) is 6.69. The van der Waals surface area contributed by atoms with Crippen LogP contribution >= 0.6 is 0 Å². The molecular formula is C19H30FN. The zero-order chi connectivity index (χ0) is 15.1. The zero-order valence-corrected chi connectivity index (χ0v) is 13.6. The van der Waals surface area contributed by atoms with Gasteiger partial charge in [0, 0.05) is 6.04 Å². The summed E-state index contributed by atoms with van der Waals surface area (Å²) in [4.78, 5) is 0. The maximum absolute atomic E-state index is 13.4. The fourth-order valence-corrected chi connectivity index (χ4v) is 3.90. The molecule has 0 spiro atoms. The van der Waals surface area contributed by atoms with Gasteiger partial charge in [-0.1, -0.05) is 51.7 Å². The van der Waals surface area contributed by atoms with Gasteiger partial charge < -0.3 is 5.32 Å². The molecule has 1 fully saturated rings. The Hall–Kier alpha value is -0.890. The van der Waals surface area contributed by atoms with Crippen LogP contribution in [0.4, 0.5) is 4.39 Å². The van der Waals surface area contributed by atoms with Crippen LogP contribution in [0.5, 0.6) is 0 Å². The predicted molar refractivity (Wildman–Crippen MR) is 87.9 cm³/mol. The third-order valence-corrected chi connectivity index (χ3v) is 5.01. The molecule has 3 unspecified atom stereocenters. The normalized spacial score (nSPS) is 24.0. The fraction of sp³-hybridized carbons (Fsp3) is 0.684. The van der Waals surface area contributed by atoms with Gasteiger partial charge in [0.05, 0.1) is 0 Å². The second-order valence-corrected chi connectivity index (χ2v) is 6.51. The van der Waals surface area contributed by atoms with E-state index in [1.807, 2.05) is 6.07 Å². The molecule has 1 nitrogen and oxygen atoms in total. The second-order valence-electron chi connectivity index (χ2n) is 6.51. The summed E-state index contributed by atoms with van der Waals surface area (Å²) < 4.78 is 13.4. The van der Waals surface area contributed by atoms with Crippen molar-refractivity contribution in [3.05, 3.63) is 35.6 Å². The van der Waals surface area contributed by atoms with Gasteiger partial charge in [0.2, 0.25) is 0 Å². The van der Waals surface area contributed by atoms with E-state index in [4.69, 9.17) is 0 Å². The van der Waals surface area contributed by atoms with Crippen LogP contribution in [0.2, 0.25) is 0 Å². The van der Waals surface area contributed by atoms with Gasteiger partial charge in [-0.05, 0) is 55.3 Å². The van der Waals surface area contributed by atoms with Crippen molar-refractivity contribution >= 4 is 0 Å². The van der Waals surface area contributed by atoms with Crippen LogP contribution in [0.1, 0.15) is 57.9 Å². The van der Waals surface area contributed by atoms with E-state index < -0.39 is 0 Å². The highest BCUT2D eigenvalue weighted by Crippen LogP contribution is 2.35. The summed E-state index contributed by atoms with van der Waals surface area (Å²) in [6.45, 7) is 5.60. The van der Waals surface area contributed by atoms with E-state index in [2.05, 4.69) is 25.2 Å². The Morgan fingerprint density at radius 3 is 2.76 bits per heavy atom. The highest BCUT2D eigenvalue weighted by atomic mass is 19.1. The number of hydrogen-bond donors (Lipinski definition) is 1. The number of benzene rings is 1. The highest BCUT2D eigenvalue weighted by Gasteiger charge is 2.30. The van der Waals surface area contributed by atoms with Crippen molar-refractivity contribution in [1.29, 1.82) is 0 Å². The zero-order valence-electron chi connectivity index (χ0n) is 13.6. The van der Waals surface area contributed by atoms with E-state index in [1.165, 1.54) is 38.2 Å². The Labute approximate surface area is 129 Å².